The van der Waals surface area contributed by atoms with Gasteiger partial charge in [-0.05, 0) is 121 Å². The minimum atomic E-state index is -0.651. The van der Waals surface area contributed by atoms with Gasteiger partial charge < -0.3 is 15.0 Å². The maximum atomic E-state index is 13.0. The third-order valence-electron chi connectivity index (χ3n) is 9.54. The fourth-order valence-corrected chi connectivity index (χ4v) is 7.18. The maximum absolute atomic E-state index is 13.0. The van der Waals surface area contributed by atoms with Gasteiger partial charge in [-0.3, -0.25) is 24.0 Å². The first-order valence-electron chi connectivity index (χ1n) is 16.2. The number of benzene rings is 1. The molecule has 0 spiro atoms. The average Bonchev–Trinajstić information content (AvgIpc) is 3.19. The Labute approximate surface area is 254 Å². The molecule has 1 unspecified atom stereocenters. The second-order valence-corrected chi connectivity index (χ2v) is 14.0. The van der Waals surface area contributed by atoms with Gasteiger partial charge in [0.2, 0.25) is 11.8 Å². The van der Waals surface area contributed by atoms with E-state index in [1.54, 1.807) is 16.2 Å². The SMILES string of the molecule is Cn1c(=O)n(C2CCC(=O)NC2=O)c2ccc(CCCC3CCN(CC4CCC(NC(=O)OC(C)(C)C)CC4)CC3)cc21. The lowest BCUT2D eigenvalue weighted by Gasteiger charge is -2.37. The van der Waals surface area contributed by atoms with Crippen molar-refractivity contribution < 1.29 is 19.1 Å². The van der Waals surface area contributed by atoms with Gasteiger partial charge in [-0.2, -0.15) is 0 Å². The van der Waals surface area contributed by atoms with E-state index < -0.39 is 17.6 Å². The number of amides is 3. The normalized spacial score (nSPS) is 24.2. The molecule has 1 aromatic heterocycles. The maximum Gasteiger partial charge on any atom is 0.407 e. The Hall–Kier alpha value is -3.14. The van der Waals surface area contributed by atoms with Crippen molar-refractivity contribution in [2.75, 3.05) is 19.6 Å². The first-order chi connectivity index (χ1) is 20.5. The summed E-state index contributed by atoms with van der Waals surface area (Å²) in [5.74, 6) is 0.785. The Kier molecular flexibility index (Phi) is 9.63. The van der Waals surface area contributed by atoms with Gasteiger partial charge in [0.25, 0.3) is 0 Å². The van der Waals surface area contributed by atoms with Crippen molar-refractivity contribution in [3.63, 3.8) is 0 Å². The van der Waals surface area contributed by atoms with Gasteiger partial charge in [-0.25, -0.2) is 9.59 Å². The number of carbonyl (C=O) groups excluding carboxylic acids is 3. The van der Waals surface area contributed by atoms with Crippen LogP contribution in [-0.2, 0) is 27.8 Å². The molecule has 2 aliphatic heterocycles. The standard InChI is InChI=1S/C33H49N5O5/c1-33(2,3)43-31(41)34-25-11-8-24(9-12-25)21-37-18-16-22(17-19-37)6-5-7-23-10-13-26-28(20-23)36(4)32(42)38(26)27-14-15-29(39)35-30(27)40/h10,13,20,22,24-25,27H,5-9,11-12,14-19,21H2,1-4H3,(H,34,41)(H,35,39,40). The Bertz CT molecular complexity index is 1370. The number of rotatable bonds is 8. The van der Waals surface area contributed by atoms with Gasteiger partial charge in [0, 0.05) is 26.1 Å². The lowest BCUT2D eigenvalue weighted by molar-refractivity contribution is -0.135. The first kappa shape index (κ1) is 31.3. The van der Waals surface area contributed by atoms with Gasteiger partial charge in [0.05, 0.1) is 11.0 Å². The van der Waals surface area contributed by atoms with Crippen LogP contribution in [0.5, 0.6) is 0 Å². The van der Waals surface area contributed by atoms with E-state index >= 15 is 0 Å². The largest absolute Gasteiger partial charge is 0.444 e. The van der Waals surface area contributed by atoms with Crippen LogP contribution in [0.1, 0.15) is 96.6 Å². The topological polar surface area (TPSA) is 115 Å². The van der Waals surface area contributed by atoms with E-state index in [9.17, 15) is 19.2 Å². The molecule has 2 aromatic rings. The lowest BCUT2D eigenvalue weighted by atomic mass is 9.84. The van der Waals surface area contributed by atoms with Crippen molar-refractivity contribution >= 4 is 28.9 Å². The molecule has 1 aromatic carbocycles. The number of piperidine rings is 2. The van der Waals surface area contributed by atoms with Crippen LogP contribution in [0.15, 0.2) is 23.0 Å². The molecule has 10 heteroatoms. The summed E-state index contributed by atoms with van der Waals surface area (Å²) in [6.45, 7) is 9.19. The van der Waals surface area contributed by atoms with Crippen molar-refractivity contribution in [2.24, 2.45) is 18.9 Å². The third kappa shape index (κ3) is 7.88. The number of likely N-dealkylation sites (tertiary alicyclic amines) is 1. The molecule has 3 heterocycles. The summed E-state index contributed by atoms with van der Waals surface area (Å²) in [6, 6.07) is 5.69. The van der Waals surface area contributed by atoms with Crippen molar-refractivity contribution in [3.8, 4) is 0 Å². The average molecular weight is 596 g/mol. The van der Waals surface area contributed by atoms with E-state index in [0.717, 1.165) is 55.5 Å². The molecule has 236 valence electrons. The number of hydrogen-bond acceptors (Lipinski definition) is 6. The fraction of sp³-hybridized carbons (Fsp3) is 0.697. The first-order valence-corrected chi connectivity index (χ1v) is 16.2. The highest BCUT2D eigenvalue weighted by atomic mass is 16.6. The zero-order chi connectivity index (χ0) is 30.7. The summed E-state index contributed by atoms with van der Waals surface area (Å²) in [7, 11) is 1.75. The highest BCUT2D eigenvalue weighted by molar-refractivity contribution is 6.00. The minimum absolute atomic E-state index is 0.223. The molecule has 2 N–H and O–H groups in total. The van der Waals surface area contributed by atoms with Crippen LogP contribution in [-0.4, -0.2) is 63.2 Å². The number of nitrogens with one attached hydrogen (secondary N) is 2. The van der Waals surface area contributed by atoms with Gasteiger partial charge >= 0.3 is 11.8 Å². The number of hydrogen-bond donors (Lipinski definition) is 2. The molecular formula is C33H49N5O5. The molecule has 43 heavy (non-hydrogen) atoms. The molecule has 1 saturated carbocycles. The van der Waals surface area contributed by atoms with Crippen molar-refractivity contribution in [1.82, 2.24) is 24.7 Å². The van der Waals surface area contributed by atoms with E-state index in [1.165, 1.54) is 44.5 Å². The van der Waals surface area contributed by atoms with Gasteiger partial charge in [-0.1, -0.05) is 12.5 Å². The molecule has 0 radical (unpaired) electrons. The molecule has 3 fully saturated rings. The number of aromatic nitrogens is 2. The molecular weight excluding hydrogens is 546 g/mol. The molecule has 5 rings (SSSR count). The van der Waals surface area contributed by atoms with Crippen LogP contribution in [0.3, 0.4) is 0 Å². The second-order valence-electron chi connectivity index (χ2n) is 14.0. The highest BCUT2D eigenvalue weighted by Crippen LogP contribution is 2.29. The zero-order valence-corrected chi connectivity index (χ0v) is 26.3. The Morgan fingerprint density at radius 3 is 2.37 bits per heavy atom. The van der Waals surface area contributed by atoms with E-state index in [0.29, 0.717) is 12.3 Å². The van der Waals surface area contributed by atoms with Crippen molar-refractivity contribution in [3.05, 3.63) is 34.2 Å². The van der Waals surface area contributed by atoms with Crippen LogP contribution in [0, 0.1) is 11.8 Å². The predicted molar refractivity (Wildman–Crippen MR) is 166 cm³/mol. The summed E-state index contributed by atoms with van der Waals surface area (Å²) >= 11 is 0. The molecule has 10 nitrogen and oxygen atoms in total. The smallest absolute Gasteiger partial charge is 0.407 e. The Balaban J connectivity index is 1.03. The number of imide groups is 1. The van der Waals surface area contributed by atoms with Crippen LogP contribution < -0.4 is 16.3 Å². The van der Waals surface area contributed by atoms with Crippen LogP contribution in [0.25, 0.3) is 11.0 Å². The molecule has 1 atom stereocenters. The minimum Gasteiger partial charge on any atom is -0.444 e. The van der Waals surface area contributed by atoms with Crippen LogP contribution >= 0.6 is 0 Å². The molecule has 1 aliphatic carbocycles. The van der Waals surface area contributed by atoms with Crippen LogP contribution in [0.2, 0.25) is 0 Å². The van der Waals surface area contributed by atoms with Crippen molar-refractivity contribution in [2.45, 2.75) is 109 Å². The third-order valence-corrected chi connectivity index (χ3v) is 9.54. The van der Waals surface area contributed by atoms with Gasteiger partial charge in [0.15, 0.2) is 0 Å². The monoisotopic (exact) mass is 595 g/mol. The lowest BCUT2D eigenvalue weighted by Crippen LogP contribution is -2.44. The summed E-state index contributed by atoms with van der Waals surface area (Å²) < 4.78 is 8.57. The summed E-state index contributed by atoms with van der Waals surface area (Å²) in [5.41, 5.74) is 2.09. The molecule has 0 bridgehead atoms. The number of aryl methyl sites for hydroxylation is 2. The molecule has 3 aliphatic rings. The number of ether oxygens (including phenoxy) is 1. The highest BCUT2D eigenvalue weighted by Gasteiger charge is 2.31. The van der Waals surface area contributed by atoms with E-state index in [-0.39, 0.29) is 30.2 Å². The molecule has 2 saturated heterocycles. The summed E-state index contributed by atoms with van der Waals surface area (Å²) in [6.07, 6.45) is 10.5. The number of fused-ring (bicyclic) bond motifs is 1. The number of carbonyl (C=O) groups is 3. The Morgan fingerprint density at radius 2 is 1.70 bits per heavy atom. The van der Waals surface area contributed by atoms with Crippen molar-refractivity contribution in [1.29, 1.82) is 0 Å². The van der Waals surface area contributed by atoms with E-state index in [4.69, 9.17) is 4.74 Å². The number of nitrogens with zero attached hydrogens (tertiary/aromatic N) is 3. The summed E-state index contributed by atoms with van der Waals surface area (Å²) in [5, 5.41) is 5.42. The van der Waals surface area contributed by atoms with E-state index in [1.807, 2.05) is 26.8 Å². The fourth-order valence-electron chi connectivity index (χ4n) is 7.18. The molecule has 3 amide bonds. The zero-order valence-electron chi connectivity index (χ0n) is 26.3. The predicted octanol–water partition coefficient (Wildman–Crippen LogP) is 4.44. The van der Waals surface area contributed by atoms with Gasteiger partial charge in [0.1, 0.15) is 11.6 Å². The number of alkyl carbamates (subject to hydrolysis) is 1. The van der Waals surface area contributed by atoms with Crippen LogP contribution in [0.4, 0.5) is 4.79 Å². The van der Waals surface area contributed by atoms with Gasteiger partial charge in [-0.15, -0.1) is 0 Å². The summed E-state index contributed by atoms with van der Waals surface area (Å²) in [4.78, 5) is 51.8. The second kappa shape index (κ2) is 13.2. The van der Waals surface area contributed by atoms with E-state index in [2.05, 4.69) is 27.7 Å². The quantitative estimate of drug-likeness (QED) is 0.437. The number of imidazole rings is 1. The Morgan fingerprint density at radius 1 is 0.977 bits per heavy atom.